The maximum absolute atomic E-state index is 13.8. The first-order chi connectivity index (χ1) is 19.2. The van der Waals surface area contributed by atoms with Gasteiger partial charge in [0.15, 0.2) is 0 Å². The predicted octanol–water partition coefficient (Wildman–Crippen LogP) is 4.92. The third-order valence-corrected chi connectivity index (χ3v) is 10.2. The van der Waals surface area contributed by atoms with Gasteiger partial charge in [-0.05, 0) is 73.2 Å². The fraction of sp³-hybridized carbons (Fsp3) is 0.250. The van der Waals surface area contributed by atoms with Crippen LogP contribution >= 0.6 is 0 Å². The van der Waals surface area contributed by atoms with Crippen LogP contribution in [0.5, 0.6) is 0 Å². The lowest BCUT2D eigenvalue weighted by atomic mass is 9.73. The van der Waals surface area contributed by atoms with Crippen LogP contribution in [0.25, 0.3) is 16.6 Å². The smallest absolute Gasteiger partial charge is 0.250 e. The Hall–Kier alpha value is -4.01. The van der Waals surface area contributed by atoms with Gasteiger partial charge in [0.1, 0.15) is 0 Å². The number of benzene rings is 3. The number of aryl methyl sites for hydroxylation is 3. The average Bonchev–Trinajstić information content (AvgIpc) is 3.56. The number of pyridine rings is 1. The van der Waals surface area contributed by atoms with Gasteiger partial charge < -0.3 is 4.57 Å². The van der Waals surface area contributed by atoms with Crippen molar-refractivity contribution in [1.82, 2.24) is 18.7 Å². The normalized spacial score (nSPS) is 18.0. The van der Waals surface area contributed by atoms with E-state index in [0.717, 1.165) is 39.7 Å². The summed E-state index contributed by atoms with van der Waals surface area (Å²) in [5, 5.41) is 5.62. The molecule has 6 rings (SSSR count). The van der Waals surface area contributed by atoms with E-state index >= 15 is 0 Å². The van der Waals surface area contributed by atoms with Crippen LogP contribution in [0, 0.1) is 13.8 Å². The minimum Gasteiger partial charge on any atom is -0.316 e. The fourth-order valence-electron chi connectivity index (χ4n) is 6.13. The molecule has 1 aliphatic heterocycles. The van der Waals surface area contributed by atoms with Gasteiger partial charge in [0.25, 0.3) is 0 Å². The van der Waals surface area contributed by atoms with Crippen molar-refractivity contribution in [3.05, 3.63) is 124 Å². The minimum absolute atomic E-state index is 0.0760. The highest BCUT2D eigenvalue weighted by Crippen LogP contribution is 2.43. The van der Waals surface area contributed by atoms with Gasteiger partial charge in [-0.15, -0.1) is 0 Å². The first kappa shape index (κ1) is 26.2. The lowest BCUT2D eigenvalue weighted by Crippen LogP contribution is -2.36. The van der Waals surface area contributed by atoms with Crippen LogP contribution in [0.2, 0.25) is 0 Å². The molecule has 3 aromatic carbocycles. The van der Waals surface area contributed by atoms with E-state index in [1.54, 1.807) is 46.4 Å². The van der Waals surface area contributed by atoms with Crippen molar-refractivity contribution in [2.24, 2.45) is 7.05 Å². The zero-order chi connectivity index (χ0) is 28.1. The molecule has 1 aliphatic rings. The number of nitrogens with zero attached hydrogens (tertiary/aromatic N) is 4. The molecule has 204 valence electrons. The second-order valence-corrected chi connectivity index (χ2v) is 12.8. The summed E-state index contributed by atoms with van der Waals surface area (Å²) in [6.07, 6.45) is 5.07. The third-order valence-electron chi connectivity index (χ3n) is 8.22. The van der Waals surface area contributed by atoms with Crippen LogP contribution in [0.1, 0.15) is 28.7 Å². The van der Waals surface area contributed by atoms with Gasteiger partial charge in [-0.1, -0.05) is 48.5 Å². The highest BCUT2D eigenvalue weighted by Gasteiger charge is 2.45. The van der Waals surface area contributed by atoms with E-state index in [-0.39, 0.29) is 5.56 Å². The number of rotatable bonds is 6. The zero-order valence-corrected chi connectivity index (χ0v) is 23.7. The summed E-state index contributed by atoms with van der Waals surface area (Å²) in [6.45, 7) is 4.80. The Labute approximate surface area is 234 Å². The molecule has 0 saturated carbocycles. The van der Waals surface area contributed by atoms with Gasteiger partial charge in [0.2, 0.25) is 15.6 Å². The molecule has 1 fully saturated rings. The molecule has 0 N–H and O–H groups in total. The van der Waals surface area contributed by atoms with E-state index in [0.29, 0.717) is 24.4 Å². The van der Waals surface area contributed by atoms with Gasteiger partial charge in [-0.2, -0.15) is 9.40 Å². The van der Waals surface area contributed by atoms with Gasteiger partial charge in [-0.3, -0.25) is 4.79 Å². The molecular formula is C32H32N4O3S. The van der Waals surface area contributed by atoms with Gasteiger partial charge in [0, 0.05) is 43.2 Å². The van der Waals surface area contributed by atoms with Crippen LogP contribution in [-0.2, 0) is 28.9 Å². The SMILES string of the molecule is Cc1cc2c(cnn2-c2ccc(=O)n(C)c2)cc1C1(Cc2ccccc2)CCN(S(=O)(=O)c2ccccc2C)C1. The van der Waals surface area contributed by atoms with Crippen LogP contribution < -0.4 is 5.56 Å². The molecule has 2 aromatic heterocycles. The monoisotopic (exact) mass is 552 g/mol. The molecule has 0 radical (unpaired) electrons. The van der Waals surface area contributed by atoms with E-state index in [1.165, 1.54) is 5.56 Å². The molecule has 0 amide bonds. The van der Waals surface area contributed by atoms with Crippen molar-refractivity contribution in [3.8, 4) is 5.69 Å². The average molecular weight is 553 g/mol. The molecule has 3 heterocycles. The highest BCUT2D eigenvalue weighted by molar-refractivity contribution is 7.89. The summed E-state index contributed by atoms with van der Waals surface area (Å²) in [4.78, 5) is 12.3. The topological polar surface area (TPSA) is 77.2 Å². The molecule has 5 aromatic rings. The molecule has 1 atom stereocenters. The lowest BCUT2D eigenvalue weighted by Gasteiger charge is -2.32. The highest BCUT2D eigenvalue weighted by atomic mass is 32.2. The molecule has 1 saturated heterocycles. The summed E-state index contributed by atoms with van der Waals surface area (Å²) >= 11 is 0. The Morgan fingerprint density at radius 2 is 1.68 bits per heavy atom. The van der Waals surface area contributed by atoms with Crippen molar-refractivity contribution in [3.63, 3.8) is 0 Å². The van der Waals surface area contributed by atoms with E-state index in [9.17, 15) is 13.2 Å². The summed E-state index contributed by atoms with van der Waals surface area (Å²) in [7, 11) is -1.92. The van der Waals surface area contributed by atoms with Crippen LogP contribution in [0.3, 0.4) is 0 Å². The van der Waals surface area contributed by atoms with Crippen LogP contribution in [0.15, 0.2) is 101 Å². The Morgan fingerprint density at radius 1 is 0.925 bits per heavy atom. The van der Waals surface area contributed by atoms with E-state index < -0.39 is 15.4 Å². The standard InChI is InChI=1S/C32H32N4O3S/c1-23-9-7-8-12-30(23)40(38,39)35-16-15-32(22-35,19-25-10-5-4-6-11-25)28-18-26-20-33-36(29(26)17-24(28)2)27-13-14-31(37)34(3)21-27/h4-14,17-18,20-21H,15-16,19,22H2,1-3H3. The molecule has 8 heteroatoms. The maximum Gasteiger partial charge on any atom is 0.250 e. The zero-order valence-electron chi connectivity index (χ0n) is 22.9. The van der Waals surface area contributed by atoms with Crippen molar-refractivity contribution in [2.75, 3.05) is 13.1 Å². The van der Waals surface area contributed by atoms with Crippen molar-refractivity contribution < 1.29 is 8.42 Å². The number of fused-ring (bicyclic) bond motifs is 1. The molecule has 0 bridgehead atoms. The van der Waals surface area contributed by atoms with Gasteiger partial charge in [0.05, 0.1) is 22.3 Å². The minimum atomic E-state index is -3.65. The largest absolute Gasteiger partial charge is 0.316 e. The molecule has 40 heavy (non-hydrogen) atoms. The molecule has 1 unspecified atom stereocenters. The Balaban J connectivity index is 1.45. The second kappa shape index (κ2) is 9.87. The summed E-state index contributed by atoms with van der Waals surface area (Å²) < 4.78 is 32.7. The fourth-order valence-corrected chi connectivity index (χ4v) is 7.88. The Bertz CT molecular complexity index is 1890. The van der Waals surface area contributed by atoms with Crippen molar-refractivity contribution in [1.29, 1.82) is 0 Å². The Kier molecular flexibility index (Phi) is 6.47. The predicted molar refractivity (Wildman–Crippen MR) is 157 cm³/mol. The van der Waals surface area contributed by atoms with E-state index in [1.807, 2.05) is 48.1 Å². The second-order valence-electron chi connectivity index (χ2n) is 10.9. The maximum atomic E-state index is 13.8. The Morgan fingerprint density at radius 3 is 2.42 bits per heavy atom. The van der Waals surface area contributed by atoms with Crippen LogP contribution in [0.4, 0.5) is 0 Å². The van der Waals surface area contributed by atoms with E-state index in [4.69, 9.17) is 0 Å². The van der Waals surface area contributed by atoms with Crippen molar-refractivity contribution in [2.45, 2.75) is 37.0 Å². The molecule has 7 nitrogen and oxygen atoms in total. The number of sulfonamides is 1. The molecular weight excluding hydrogens is 520 g/mol. The van der Waals surface area contributed by atoms with Gasteiger partial charge in [-0.25, -0.2) is 13.1 Å². The number of hydrogen-bond acceptors (Lipinski definition) is 4. The lowest BCUT2D eigenvalue weighted by molar-refractivity contribution is 0.413. The first-order valence-electron chi connectivity index (χ1n) is 13.4. The summed E-state index contributed by atoms with van der Waals surface area (Å²) in [5.41, 5.74) is 5.44. The first-order valence-corrected chi connectivity index (χ1v) is 14.9. The van der Waals surface area contributed by atoms with Crippen LogP contribution in [-0.4, -0.2) is 40.2 Å². The third kappa shape index (κ3) is 4.47. The number of hydrogen-bond donors (Lipinski definition) is 0. The van der Waals surface area contributed by atoms with Crippen molar-refractivity contribution >= 4 is 20.9 Å². The summed E-state index contributed by atoms with van der Waals surface area (Å²) in [6, 6.07) is 25.1. The summed E-state index contributed by atoms with van der Waals surface area (Å²) in [5.74, 6) is 0. The molecule has 0 aliphatic carbocycles. The number of aromatic nitrogens is 3. The molecule has 0 spiro atoms. The quantitative estimate of drug-likeness (QED) is 0.300. The van der Waals surface area contributed by atoms with Gasteiger partial charge >= 0.3 is 0 Å². The van der Waals surface area contributed by atoms with E-state index in [2.05, 4.69) is 36.3 Å².